The van der Waals surface area contributed by atoms with Crippen molar-refractivity contribution in [2.45, 2.75) is 6.54 Å². The highest BCUT2D eigenvalue weighted by Crippen LogP contribution is 2.12. The lowest BCUT2D eigenvalue weighted by Crippen LogP contribution is -2.13. The van der Waals surface area contributed by atoms with Crippen LogP contribution in [-0.4, -0.2) is 37.4 Å². The van der Waals surface area contributed by atoms with E-state index in [2.05, 4.69) is 15.0 Å². The largest absolute Gasteiger partial charge is 0.370 e. The summed E-state index contributed by atoms with van der Waals surface area (Å²) in [7, 11) is -2.62. The lowest BCUT2D eigenvalue weighted by atomic mass is 10.5. The third-order valence-corrected chi connectivity index (χ3v) is 2.65. The molecular formula is C8H12N5O4P. The third kappa shape index (κ3) is 2.76. The normalized spacial score (nSPS) is 12.9. The van der Waals surface area contributed by atoms with Crippen molar-refractivity contribution in [3.8, 4) is 0 Å². The molecule has 0 saturated heterocycles. The number of fused-ring (bicyclic) bond motifs is 1. The zero-order valence-electron chi connectivity index (χ0n) is 9.29. The van der Waals surface area contributed by atoms with E-state index in [9.17, 15) is 9.36 Å². The minimum absolute atomic E-state index is 0.00980. The van der Waals surface area contributed by atoms with Gasteiger partial charge >= 0.3 is 0 Å². The van der Waals surface area contributed by atoms with Crippen LogP contribution in [0.5, 0.6) is 0 Å². The number of nitrogens with two attached hydrogens (primary N) is 1. The second-order valence-corrected chi connectivity index (χ2v) is 4.58. The molecule has 1 atom stereocenters. The van der Waals surface area contributed by atoms with Crippen LogP contribution in [0.15, 0.2) is 11.1 Å². The smallest absolute Gasteiger partial charge is 0.280 e. The monoisotopic (exact) mass is 273 g/mol. The fraction of sp³-hybridized carbons (Fsp3) is 0.375. The Bertz CT molecular complexity index is 636. The molecule has 0 aliphatic carbocycles. The fourth-order valence-corrected chi connectivity index (χ4v) is 1.78. The van der Waals surface area contributed by atoms with Gasteiger partial charge < -0.3 is 19.9 Å². The van der Waals surface area contributed by atoms with Crippen LogP contribution in [0.3, 0.4) is 0 Å². The van der Waals surface area contributed by atoms with Gasteiger partial charge in [-0.25, -0.2) is 4.98 Å². The molecule has 4 N–H and O–H groups in total. The van der Waals surface area contributed by atoms with Crippen molar-refractivity contribution in [3.63, 3.8) is 0 Å². The number of hydrogen-bond donors (Lipinski definition) is 3. The molecule has 0 saturated carbocycles. The standard InChI is InChI=1S/C8H12N5O4P/c9-8-11-6-5(7(14)12-8)10-3-13(6)1-2-17-4-18(15)16/h3,18H,1-2,4H2,(H,15,16)(H3,9,11,12,14). The predicted molar refractivity (Wildman–Crippen MR) is 64.6 cm³/mol. The molecule has 0 bridgehead atoms. The quantitative estimate of drug-likeness (QED) is 0.476. The number of aromatic amines is 1. The number of nitrogens with one attached hydrogen (secondary N) is 1. The summed E-state index contributed by atoms with van der Waals surface area (Å²) < 4.78 is 17.0. The summed E-state index contributed by atoms with van der Waals surface area (Å²) in [5.74, 6) is 0.00980. The molecule has 1 unspecified atom stereocenters. The summed E-state index contributed by atoms with van der Waals surface area (Å²) >= 11 is 0. The van der Waals surface area contributed by atoms with Crippen LogP contribution in [0.2, 0.25) is 0 Å². The summed E-state index contributed by atoms with van der Waals surface area (Å²) in [4.78, 5) is 30.3. The van der Waals surface area contributed by atoms with E-state index in [1.54, 1.807) is 4.57 Å². The van der Waals surface area contributed by atoms with Crippen molar-refractivity contribution in [1.29, 1.82) is 0 Å². The topological polar surface area (TPSA) is 136 Å². The molecule has 10 heteroatoms. The number of imidazole rings is 1. The Hall–Kier alpha value is -1.70. The number of ether oxygens (including phenoxy) is 1. The second-order valence-electron chi connectivity index (χ2n) is 3.51. The second kappa shape index (κ2) is 5.30. The molecular weight excluding hydrogens is 261 g/mol. The molecule has 0 fully saturated rings. The number of hydrogen-bond acceptors (Lipinski definition) is 6. The van der Waals surface area contributed by atoms with Crippen LogP contribution in [0, 0.1) is 0 Å². The van der Waals surface area contributed by atoms with Crippen LogP contribution in [0.4, 0.5) is 5.95 Å². The summed E-state index contributed by atoms with van der Waals surface area (Å²) in [6.45, 7) is 0.582. The number of anilines is 1. The van der Waals surface area contributed by atoms with E-state index in [1.807, 2.05) is 0 Å². The summed E-state index contributed by atoms with van der Waals surface area (Å²) in [6.07, 6.45) is 1.26. The first-order chi connectivity index (χ1) is 8.58. The minimum Gasteiger partial charge on any atom is -0.370 e. The highest BCUT2D eigenvalue weighted by Gasteiger charge is 2.08. The van der Waals surface area contributed by atoms with Crippen LogP contribution < -0.4 is 11.3 Å². The number of nitrogen functional groups attached to an aromatic ring is 1. The van der Waals surface area contributed by atoms with Crippen molar-refractivity contribution in [1.82, 2.24) is 19.5 Å². The van der Waals surface area contributed by atoms with Gasteiger partial charge in [0.05, 0.1) is 12.9 Å². The Kier molecular flexibility index (Phi) is 3.75. The van der Waals surface area contributed by atoms with E-state index >= 15 is 0 Å². The van der Waals surface area contributed by atoms with Gasteiger partial charge in [0, 0.05) is 6.54 Å². The average molecular weight is 273 g/mol. The fourth-order valence-electron chi connectivity index (χ4n) is 1.46. The Morgan fingerprint density at radius 3 is 3.11 bits per heavy atom. The van der Waals surface area contributed by atoms with Crippen LogP contribution in [0.25, 0.3) is 11.2 Å². The maximum Gasteiger partial charge on any atom is 0.280 e. The van der Waals surface area contributed by atoms with Crippen LogP contribution in [0.1, 0.15) is 0 Å². The molecule has 0 spiro atoms. The molecule has 0 aliphatic rings. The van der Waals surface area contributed by atoms with E-state index < -0.39 is 13.6 Å². The van der Waals surface area contributed by atoms with Gasteiger partial charge in [0.1, 0.15) is 6.35 Å². The maximum absolute atomic E-state index is 11.5. The average Bonchev–Trinajstić information content (AvgIpc) is 2.67. The van der Waals surface area contributed by atoms with E-state index in [0.717, 1.165) is 0 Å². The molecule has 0 aliphatic heterocycles. The molecule has 2 rings (SSSR count). The Morgan fingerprint density at radius 1 is 1.61 bits per heavy atom. The van der Waals surface area contributed by atoms with Gasteiger partial charge in [-0.05, 0) is 0 Å². The molecule has 2 aromatic heterocycles. The SMILES string of the molecule is Nc1nc2c(ncn2CCOC[PH](=O)O)c(=O)[nH]1. The van der Waals surface area contributed by atoms with Gasteiger partial charge in [-0.2, -0.15) is 4.98 Å². The molecule has 2 heterocycles. The molecule has 0 amide bonds. The van der Waals surface area contributed by atoms with Gasteiger partial charge in [0.15, 0.2) is 11.2 Å². The van der Waals surface area contributed by atoms with Crippen molar-refractivity contribution < 1.29 is 14.2 Å². The van der Waals surface area contributed by atoms with Gasteiger partial charge in [-0.1, -0.05) is 0 Å². The zero-order valence-corrected chi connectivity index (χ0v) is 10.3. The summed E-state index contributed by atoms with van der Waals surface area (Å²) in [6, 6.07) is 0. The Balaban J connectivity index is 2.14. The molecule has 0 radical (unpaired) electrons. The van der Waals surface area contributed by atoms with E-state index in [1.165, 1.54) is 6.33 Å². The van der Waals surface area contributed by atoms with Crippen molar-refractivity contribution in [3.05, 3.63) is 16.7 Å². The first-order valence-electron chi connectivity index (χ1n) is 5.08. The lowest BCUT2D eigenvalue weighted by molar-refractivity contribution is 0.163. The van der Waals surface area contributed by atoms with Crippen LogP contribution in [-0.2, 0) is 15.8 Å². The maximum atomic E-state index is 11.5. The Labute approximate surface area is 101 Å². The summed E-state index contributed by atoms with van der Waals surface area (Å²) in [5, 5.41) is 0. The molecule has 18 heavy (non-hydrogen) atoms. The lowest BCUT2D eigenvalue weighted by Gasteiger charge is -2.04. The van der Waals surface area contributed by atoms with E-state index in [-0.39, 0.29) is 24.4 Å². The number of nitrogens with zero attached hydrogens (tertiary/aromatic N) is 3. The van der Waals surface area contributed by atoms with E-state index in [4.69, 9.17) is 15.4 Å². The van der Waals surface area contributed by atoms with E-state index in [0.29, 0.717) is 12.2 Å². The first kappa shape index (κ1) is 12.7. The molecule has 2 aromatic rings. The predicted octanol–water partition coefficient (Wildman–Crippen LogP) is -0.857. The molecule has 0 aromatic carbocycles. The molecule has 98 valence electrons. The number of aromatic nitrogens is 4. The van der Waals surface area contributed by atoms with Crippen LogP contribution >= 0.6 is 8.03 Å². The Morgan fingerprint density at radius 2 is 2.39 bits per heavy atom. The van der Waals surface area contributed by atoms with Crippen molar-refractivity contribution in [2.24, 2.45) is 0 Å². The number of H-pyrrole nitrogens is 1. The highest BCUT2D eigenvalue weighted by atomic mass is 31.1. The van der Waals surface area contributed by atoms with Gasteiger partial charge in [0.25, 0.3) is 5.56 Å². The summed E-state index contributed by atoms with van der Waals surface area (Å²) in [5.41, 5.74) is 5.59. The van der Waals surface area contributed by atoms with Gasteiger partial charge in [0.2, 0.25) is 14.0 Å². The zero-order chi connectivity index (χ0) is 13.1. The third-order valence-electron chi connectivity index (χ3n) is 2.20. The van der Waals surface area contributed by atoms with Crippen molar-refractivity contribution >= 4 is 25.1 Å². The first-order valence-corrected chi connectivity index (χ1v) is 6.64. The number of rotatable bonds is 5. The van der Waals surface area contributed by atoms with Gasteiger partial charge in [-0.3, -0.25) is 14.3 Å². The minimum atomic E-state index is -2.62. The van der Waals surface area contributed by atoms with Gasteiger partial charge in [-0.15, -0.1) is 0 Å². The molecule has 9 nitrogen and oxygen atoms in total. The highest BCUT2D eigenvalue weighted by molar-refractivity contribution is 7.37. The van der Waals surface area contributed by atoms with Crippen molar-refractivity contribution in [2.75, 3.05) is 18.7 Å².